The molecule has 0 aliphatic rings. The molecular weight excluding hydrogens is 400 g/mol. The summed E-state index contributed by atoms with van der Waals surface area (Å²) in [5.41, 5.74) is 0. The highest BCUT2D eigenvalue weighted by atomic mass is 28.4. The highest BCUT2D eigenvalue weighted by molar-refractivity contribution is 6.92. The standard InChI is InChI=1S/C27H42O3Si/c1-3-5-6-7-8-9-10-11-18-23-29-31(30-25-24-28-4-2,26-19-14-12-15-20-26)27-21-16-13-17-22-27/h12-17,19-22H,3-11,18,23-25H2,1-2H3. The van der Waals surface area contributed by atoms with Crippen LogP contribution in [-0.4, -0.2) is 35.0 Å². The normalized spacial score (nSPS) is 11.7. The maximum atomic E-state index is 6.70. The Morgan fingerprint density at radius 2 is 1.03 bits per heavy atom. The maximum Gasteiger partial charge on any atom is 0.407 e. The van der Waals surface area contributed by atoms with Gasteiger partial charge in [0.15, 0.2) is 0 Å². The molecule has 0 aliphatic heterocycles. The van der Waals surface area contributed by atoms with Gasteiger partial charge in [0.2, 0.25) is 0 Å². The quantitative estimate of drug-likeness (QED) is 0.214. The van der Waals surface area contributed by atoms with Crippen LogP contribution in [0.3, 0.4) is 0 Å². The van der Waals surface area contributed by atoms with Gasteiger partial charge in [-0.2, -0.15) is 0 Å². The highest BCUT2D eigenvalue weighted by Gasteiger charge is 2.42. The first-order valence-corrected chi connectivity index (χ1v) is 14.1. The molecule has 0 heterocycles. The fraction of sp³-hybridized carbons (Fsp3) is 0.556. The lowest BCUT2D eigenvalue weighted by molar-refractivity contribution is 0.0918. The van der Waals surface area contributed by atoms with Crippen molar-refractivity contribution in [1.82, 2.24) is 0 Å². The molecule has 0 aromatic heterocycles. The third kappa shape index (κ3) is 9.28. The zero-order valence-corrected chi connectivity index (χ0v) is 20.7. The van der Waals surface area contributed by atoms with Crippen LogP contribution in [0.2, 0.25) is 0 Å². The van der Waals surface area contributed by atoms with Gasteiger partial charge in [0.05, 0.1) is 13.2 Å². The fourth-order valence-corrected chi connectivity index (χ4v) is 7.02. The van der Waals surface area contributed by atoms with Crippen LogP contribution in [0.15, 0.2) is 60.7 Å². The predicted molar refractivity (Wildman–Crippen MR) is 134 cm³/mol. The summed E-state index contributed by atoms with van der Waals surface area (Å²) < 4.78 is 18.8. The first-order valence-electron chi connectivity index (χ1n) is 12.3. The molecule has 0 spiro atoms. The van der Waals surface area contributed by atoms with E-state index in [9.17, 15) is 0 Å². The van der Waals surface area contributed by atoms with Gasteiger partial charge in [0, 0.05) is 13.2 Å². The van der Waals surface area contributed by atoms with Crippen molar-refractivity contribution in [2.75, 3.05) is 26.4 Å². The number of hydrogen-bond acceptors (Lipinski definition) is 3. The maximum absolute atomic E-state index is 6.70. The number of ether oxygens (including phenoxy) is 1. The summed E-state index contributed by atoms with van der Waals surface area (Å²) in [5, 5.41) is 2.32. The highest BCUT2D eigenvalue weighted by Crippen LogP contribution is 2.13. The van der Waals surface area contributed by atoms with Crippen LogP contribution >= 0.6 is 0 Å². The second-order valence-corrected chi connectivity index (χ2v) is 11.0. The Hall–Kier alpha value is -1.46. The van der Waals surface area contributed by atoms with E-state index in [4.69, 9.17) is 13.6 Å². The van der Waals surface area contributed by atoms with Crippen LogP contribution in [0, 0.1) is 0 Å². The van der Waals surface area contributed by atoms with Crippen LogP contribution in [0.4, 0.5) is 0 Å². The Labute approximate surface area is 191 Å². The molecule has 0 saturated carbocycles. The minimum Gasteiger partial charge on any atom is -0.388 e. The molecule has 0 radical (unpaired) electrons. The van der Waals surface area contributed by atoms with E-state index in [2.05, 4.69) is 55.5 Å². The minimum atomic E-state index is -2.77. The van der Waals surface area contributed by atoms with Crippen molar-refractivity contribution in [3.63, 3.8) is 0 Å². The van der Waals surface area contributed by atoms with Gasteiger partial charge in [-0.15, -0.1) is 0 Å². The van der Waals surface area contributed by atoms with E-state index in [1.807, 2.05) is 19.1 Å². The summed E-state index contributed by atoms with van der Waals surface area (Å²) in [6.07, 6.45) is 11.8. The summed E-state index contributed by atoms with van der Waals surface area (Å²) in [5.74, 6) is 0. The molecule has 0 fully saturated rings. The van der Waals surface area contributed by atoms with Crippen LogP contribution in [-0.2, 0) is 13.6 Å². The summed E-state index contributed by atoms with van der Waals surface area (Å²) in [6.45, 7) is 6.86. The summed E-state index contributed by atoms with van der Waals surface area (Å²) in [4.78, 5) is 0. The van der Waals surface area contributed by atoms with Crippen molar-refractivity contribution in [2.24, 2.45) is 0 Å². The van der Waals surface area contributed by atoms with Crippen LogP contribution in [0.5, 0.6) is 0 Å². The van der Waals surface area contributed by atoms with Gasteiger partial charge in [-0.1, -0.05) is 119 Å². The summed E-state index contributed by atoms with van der Waals surface area (Å²) >= 11 is 0. The van der Waals surface area contributed by atoms with E-state index in [0.29, 0.717) is 19.8 Å². The van der Waals surface area contributed by atoms with Crippen molar-refractivity contribution < 1.29 is 13.6 Å². The topological polar surface area (TPSA) is 27.7 Å². The lowest BCUT2D eigenvalue weighted by Gasteiger charge is -2.31. The third-order valence-corrected chi connectivity index (χ3v) is 9.01. The zero-order valence-electron chi connectivity index (χ0n) is 19.7. The lowest BCUT2D eigenvalue weighted by Crippen LogP contribution is -2.63. The molecule has 0 N–H and O–H groups in total. The molecule has 0 bridgehead atoms. The smallest absolute Gasteiger partial charge is 0.388 e. The van der Waals surface area contributed by atoms with Crippen LogP contribution in [0.25, 0.3) is 0 Å². The van der Waals surface area contributed by atoms with Gasteiger partial charge in [-0.05, 0) is 23.7 Å². The molecule has 2 rings (SSSR count). The average Bonchev–Trinajstić information content (AvgIpc) is 2.83. The Morgan fingerprint density at radius 1 is 0.548 bits per heavy atom. The molecule has 0 atom stereocenters. The van der Waals surface area contributed by atoms with Crippen molar-refractivity contribution in [3.8, 4) is 0 Å². The summed E-state index contributed by atoms with van der Waals surface area (Å²) in [7, 11) is -2.77. The SMILES string of the molecule is CCCCCCCCCCCO[Si](OCCOCC)(c1ccccc1)c1ccccc1. The lowest BCUT2D eigenvalue weighted by atomic mass is 10.1. The minimum absolute atomic E-state index is 0.543. The number of unbranched alkanes of at least 4 members (excludes halogenated alkanes) is 8. The Morgan fingerprint density at radius 3 is 1.55 bits per heavy atom. The van der Waals surface area contributed by atoms with Gasteiger partial charge in [-0.3, -0.25) is 0 Å². The van der Waals surface area contributed by atoms with Crippen LogP contribution in [0.1, 0.15) is 71.6 Å². The Balaban J connectivity index is 1.97. The Kier molecular flexibility index (Phi) is 13.5. The second kappa shape index (κ2) is 16.2. The second-order valence-electron chi connectivity index (χ2n) is 8.07. The largest absolute Gasteiger partial charge is 0.407 e. The van der Waals surface area contributed by atoms with Gasteiger partial charge in [0.25, 0.3) is 0 Å². The van der Waals surface area contributed by atoms with Crippen molar-refractivity contribution in [2.45, 2.75) is 71.6 Å². The van der Waals surface area contributed by atoms with Gasteiger partial charge < -0.3 is 13.6 Å². The monoisotopic (exact) mass is 442 g/mol. The molecule has 0 saturated heterocycles. The first kappa shape index (κ1) is 25.8. The van der Waals surface area contributed by atoms with E-state index < -0.39 is 8.56 Å². The molecule has 31 heavy (non-hydrogen) atoms. The molecular formula is C27H42O3Si. The molecule has 2 aromatic carbocycles. The predicted octanol–water partition coefficient (Wildman–Crippen LogP) is 5.84. The average molecular weight is 443 g/mol. The molecule has 4 heteroatoms. The van der Waals surface area contributed by atoms with Crippen molar-refractivity contribution in [1.29, 1.82) is 0 Å². The van der Waals surface area contributed by atoms with E-state index >= 15 is 0 Å². The van der Waals surface area contributed by atoms with Gasteiger partial charge in [0.1, 0.15) is 0 Å². The molecule has 172 valence electrons. The van der Waals surface area contributed by atoms with Crippen LogP contribution < -0.4 is 10.4 Å². The number of hydrogen-bond donors (Lipinski definition) is 0. The molecule has 3 nitrogen and oxygen atoms in total. The first-order chi connectivity index (χ1) is 15.3. The van der Waals surface area contributed by atoms with E-state index in [0.717, 1.165) is 23.4 Å². The van der Waals surface area contributed by atoms with E-state index in [1.54, 1.807) is 0 Å². The van der Waals surface area contributed by atoms with Crippen molar-refractivity contribution >= 4 is 18.9 Å². The zero-order chi connectivity index (χ0) is 22.0. The molecule has 0 amide bonds. The van der Waals surface area contributed by atoms with Crippen molar-refractivity contribution in [3.05, 3.63) is 60.7 Å². The third-order valence-electron chi connectivity index (χ3n) is 5.60. The fourth-order valence-electron chi connectivity index (χ4n) is 3.87. The molecule has 2 aromatic rings. The summed E-state index contributed by atoms with van der Waals surface area (Å²) in [6, 6.07) is 21.0. The van der Waals surface area contributed by atoms with Gasteiger partial charge in [-0.25, -0.2) is 0 Å². The van der Waals surface area contributed by atoms with Gasteiger partial charge >= 0.3 is 8.56 Å². The molecule has 0 unspecified atom stereocenters. The van der Waals surface area contributed by atoms with E-state index in [1.165, 1.54) is 51.4 Å². The number of benzene rings is 2. The van der Waals surface area contributed by atoms with E-state index in [-0.39, 0.29) is 0 Å². The molecule has 0 aliphatic carbocycles. The Bertz CT molecular complexity index is 623. The number of rotatable bonds is 18.